The Morgan fingerprint density at radius 3 is 2.11 bits per heavy atom. The number of carbonyl (C=O) groups excluding carboxylic acids is 3. The van der Waals surface area contributed by atoms with Crippen LogP contribution in [0.15, 0.2) is 54.6 Å². The van der Waals surface area contributed by atoms with Gasteiger partial charge in [0.25, 0.3) is 0 Å². The Labute approximate surface area is 224 Å². The average Bonchev–Trinajstić information content (AvgIpc) is 2.92. The van der Waals surface area contributed by atoms with E-state index in [4.69, 9.17) is 9.47 Å². The van der Waals surface area contributed by atoms with Crippen molar-refractivity contribution in [3.05, 3.63) is 65.7 Å². The Morgan fingerprint density at radius 1 is 0.868 bits per heavy atom. The Balaban J connectivity index is 1.16. The lowest BCUT2D eigenvalue weighted by molar-refractivity contribution is -0.131. The molecule has 0 aromatic heterocycles. The maximum absolute atomic E-state index is 12.9. The summed E-state index contributed by atoms with van der Waals surface area (Å²) in [6, 6.07) is 17.1. The van der Waals surface area contributed by atoms with Crippen LogP contribution in [-0.4, -0.2) is 72.7 Å². The quantitative estimate of drug-likeness (QED) is 0.577. The molecule has 2 aromatic carbocycles. The van der Waals surface area contributed by atoms with Gasteiger partial charge < -0.3 is 19.3 Å². The summed E-state index contributed by atoms with van der Waals surface area (Å²) in [5, 5.41) is 1.89. The van der Waals surface area contributed by atoms with Gasteiger partial charge in [-0.15, -0.1) is 0 Å². The molecule has 0 unspecified atom stereocenters. The topological polar surface area (TPSA) is 91.4 Å². The SMILES string of the molecule is CC(C)(C)OC(=O)c1ccc(N2CCC(C(=O)NN3CCN(C(=O)OCc4ccccc4)CC3)CC2)cc1. The molecule has 0 spiro atoms. The predicted octanol–water partition coefficient (Wildman–Crippen LogP) is 3.84. The molecule has 0 saturated carbocycles. The lowest BCUT2D eigenvalue weighted by Crippen LogP contribution is -2.56. The number of nitrogens with one attached hydrogen (secondary N) is 1. The minimum absolute atomic E-state index is 0.0324. The van der Waals surface area contributed by atoms with Crippen LogP contribution in [0.1, 0.15) is 49.5 Å². The summed E-state index contributed by atoms with van der Waals surface area (Å²) >= 11 is 0. The molecule has 0 aliphatic carbocycles. The molecule has 9 heteroatoms. The van der Waals surface area contributed by atoms with Gasteiger partial charge in [0.2, 0.25) is 5.91 Å². The Kier molecular flexibility index (Phi) is 8.89. The van der Waals surface area contributed by atoms with Crippen LogP contribution < -0.4 is 10.3 Å². The van der Waals surface area contributed by atoms with Crippen molar-refractivity contribution in [3.63, 3.8) is 0 Å². The molecule has 2 saturated heterocycles. The second-order valence-corrected chi connectivity index (χ2v) is 10.8. The highest BCUT2D eigenvalue weighted by Gasteiger charge is 2.29. The zero-order valence-electron chi connectivity index (χ0n) is 22.5. The molecular weight excluding hydrogens is 484 g/mol. The molecule has 204 valence electrons. The van der Waals surface area contributed by atoms with Crippen molar-refractivity contribution in [1.29, 1.82) is 0 Å². The third-order valence-electron chi connectivity index (χ3n) is 6.74. The van der Waals surface area contributed by atoms with Gasteiger partial charge in [-0.1, -0.05) is 30.3 Å². The van der Waals surface area contributed by atoms with Gasteiger partial charge in [0.05, 0.1) is 5.56 Å². The van der Waals surface area contributed by atoms with E-state index in [1.165, 1.54) is 0 Å². The first kappa shape index (κ1) is 27.4. The second-order valence-electron chi connectivity index (χ2n) is 10.8. The maximum Gasteiger partial charge on any atom is 0.410 e. The molecule has 2 fully saturated rings. The van der Waals surface area contributed by atoms with E-state index in [9.17, 15) is 14.4 Å². The monoisotopic (exact) mass is 522 g/mol. The van der Waals surface area contributed by atoms with Gasteiger partial charge >= 0.3 is 12.1 Å². The highest BCUT2D eigenvalue weighted by molar-refractivity contribution is 5.90. The summed E-state index contributed by atoms with van der Waals surface area (Å²) in [5.74, 6) is -0.351. The fourth-order valence-electron chi connectivity index (χ4n) is 4.60. The fourth-order valence-corrected chi connectivity index (χ4v) is 4.60. The molecule has 0 radical (unpaired) electrons. The number of amides is 2. The highest BCUT2D eigenvalue weighted by Crippen LogP contribution is 2.24. The number of hydrazine groups is 1. The fraction of sp³-hybridized carbons (Fsp3) is 0.483. The van der Waals surface area contributed by atoms with E-state index < -0.39 is 5.60 Å². The third-order valence-corrected chi connectivity index (χ3v) is 6.74. The predicted molar refractivity (Wildman–Crippen MR) is 144 cm³/mol. The molecule has 9 nitrogen and oxygen atoms in total. The minimum atomic E-state index is -0.528. The van der Waals surface area contributed by atoms with Crippen molar-refractivity contribution in [3.8, 4) is 0 Å². The van der Waals surface area contributed by atoms with Gasteiger partial charge in [0.15, 0.2) is 0 Å². The second kappa shape index (κ2) is 12.3. The number of piperazine rings is 1. The van der Waals surface area contributed by atoms with Crippen LogP contribution in [0.4, 0.5) is 10.5 Å². The van der Waals surface area contributed by atoms with E-state index in [0.29, 0.717) is 31.7 Å². The van der Waals surface area contributed by atoms with E-state index in [0.717, 1.165) is 37.2 Å². The van der Waals surface area contributed by atoms with Crippen LogP contribution in [0.25, 0.3) is 0 Å². The highest BCUT2D eigenvalue weighted by atomic mass is 16.6. The van der Waals surface area contributed by atoms with Gasteiger partial charge in [0.1, 0.15) is 12.2 Å². The van der Waals surface area contributed by atoms with E-state index in [1.54, 1.807) is 17.0 Å². The van der Waals surface area contributed by atoms with Crippen LogP contribution in [-0.2, 0) is 20.9 Å². The maximum atomic E-state index is 12.9. The van der Waals surface area contributed by atoms with Crippen LogP contribution in [0.5, 0.6) is 0 Å². The van der Waals surface area contributed by atoms with Crippen LogP contribution >= 0.6 is 0 Å². The smallest absolute Gasteiger partial charge is 0.410 e. The molecule has 1 N–H and O–H groups in total. The number of piperidine rings is 1. The number of hydrogen-bond donors (Lipinski definition) is 1. The first-order valence-electron chi connectivity index (χ1n) is 13.3. The Hall–Kier alpha value is -3.59. The van der Waals surface area contributed by atoms with Gasteiger partial charge in [-0.25, -0.2) is 14.6 Å². The Bertz CT molecular complexity index is 1080. The molecule has 38 heavy (non-hydrogen) atoms. The number of hydrogen-bond acceptors (Lipinski definition) is 7. The molecule has 0 bridgehead atoms. The molecular formula is C29H38N4O5. The summed E-state index contributed by atoms with van der Waals surface area (Å²) in [6.07, 6.45) is 1.18. The summed E-state index contributed by atoms with van der Waals surface area (Å²) in [4.78, 5) is 41.4. The summed E-state index contributed by atoms with van der Waals surface area (Å²) in [7, 11) is 0. The van der Waals surface area contributed by atoms with E-state index in [2.05, 4.69) is 10.3 Å². The number of carbonyl (C=O) groups is 3. The van der Waals surface area contributed by atoms with Gasteiger partial charge in [-0.3, -0.25) is 10.2 Å². The largest absolute Gasteiger partial charge is 0.456 e. The lowest BCUT2D eigenvalue weighted by Gasteiger charge is -2.36. The molecule has 4 rings (SSSR count). The van der Waals surface area contributed by atoms with Gasteiger partial charge in [0, 0.05) is 50.9 Å². The number of rotatable bonds is 6. The number of esters is 1. The Morgan fingerprint density at radius 2 is 1.50 bits per heavy atom. The first-order valence-corrected chi connectivity index (χ1v) is 13.3. The lowest BCUT2D eigenvalue weighted by atomic mass is 9.95. The van der Waals surface area contributed by atoms with Crippen LogP contribution in [0.3, 0.4) is 0 Å². The zero-order valence-corrected chi connectivity index (χ0v) is 22.5. The standard InChI is InChI=1S/C29H38N4O5/c1-29(2,3)38-27(35)24-9-11-25(12-10-24)31-15-13-23(14-16-31)26(34)30-33-19-17-32(18-20-33)28(36)37-21-22-7-5-4-6-8-22/h4-12,23H,13-21H2,1-3H3,(H,30,34). The molecule has 2 aliphatic heterocycles. The van der Waals surface area contributed by atoms with E-state index in [1.807, 2.05) is 68.2 Å². The van der Waals surface area contributed by atoms with Crippen molar-refractivity contribution < 1.29 is 23.9 Å². The van der Waals surface area contributed by atoms with Gasteiger partial charge in [-0.2, -0.15) is 0 Å². The molecule has 2 heterocycles. The molecule has 0 atom stereocenters. The number of benzene rings is 2. The van der Waals surface area contributed by atoms with E-state index >= 15 is 0 Å². The van der Waals surface area contributed by atoms with Crippen molar-refractivity contribution in [1.82, 2.24) is 15.3 Å². The third kappa shape index (κ3) is 7.71. The minimum Gasteiger partial charge on any atom is -0.456 e. The summed E-state index contributed by atoms with van der Waals surface area (Å²) in [5.41, 5.74) is 5.04. The van der Waals surface area contributed by atoms with Crippen molar-refractivity contribution in [2.45, 2.75) is 45.8 Å². The number of ether oxygens (including phenoxy) is 2. The first-order chi connectivity index (χ1) is 18.2. The average molecular weight is 523 g/mol. The van der Waals surface area contributed by atoms with Crippen molar-refractivity contribution in [2.75, 3.05) is 44.2 Å². The van der Waals surface area contributed by atoms with Crippen LogP contribution in [0.2, 0.25) is 0 Å². The number of anilines is 1. The van der Waals surface area contributed by atoms with E-state index in [-0.39, 0.29) is 30.5 Å². The number of nitrogens with zero attached hydrogens (tertiary/aromatic N) is 3. The molecule has 2 aliphatic rings. The summed E-state index contributed by atoms with van der Waals surface area (Å²) in [6.45, 7) is 9.48. The van der Waals surface area contributed by atoms with Crippen molar-refractivity contribution in [2.24, 2.45) is 5.92 Å². The van der Waals surface area contributed by atoms with Crippen LogP contribution in [0, 0.1) is 5.92 Å². The van der Waals surface area contributed by atoms with Crippen molar-refractivity contribution >= 4 is 23.7 Å². The molecule has 2 amide bonds. The normalized spacial score (nSPS) is 17.1. The van der Waals surface area contributed by atoms with Gasteiger partial charge in [-0.05, 0) is 63.4 Å². The molecule has 2 aromatic rings. The zero-order chi connectivity index (χ0) is 27.1. The summed E-state index contributed by atoms with van der Waals surface area (Å²) < 4.78 is 10.8.